The van der Waals surface area contributed by atoms with Gasteiger partial charge in [-0.15, -0.1) is 0 Å². The van der Waals surface area contributed by atoms with Crippen LogP contribution in [0.3, 0.4) is 0 Å². The second-order valence-electron chi connectivity index (χ2n) is 5.24. The Bertz CT molecular complexity index is 925. The highest BCUT2D eigenvalue weighted by Crippen LogP contribution is 2.30. The van der Waals surface area contributed by atoms with Crippen LogP contribution in [0.1, 0.15) is 21.7 Å². The zero-order chi connectivity index (χ0) is 18.0. The number of aryl methyl sites for hydroxylation is 1. The Balaban J connectivity index is 1.70. The molecule has 0 aliphatic rings. The molecule has 0 amide bonds. The number of aromatic nitrogens is 2. The van der Waals surface area contributed by atoms with Crippen LogP contribution in [0.25, 0.3) is 11.5 Å². The van der Waals surface area contributed by atoms with E-state index < -0.39 is 5.97 Å². The Labute approximate surface area is 150 Å². The number of hydrogen-bond donors (Lipinski definition) is 1. The molecule has 0 radical (unpaired) electrons. The van der Waals surface area contributed by atoms with Gasteiger partial charge in [0.2, 0.25) is 5.82 Å². The summed E-state index contributed by atoms with van der Waals surface area (Å²) in [5.41, 5.74) is 1.37. The number of esters is 1. The Morgan fingerprint density at radius 3 is 2.76 bits per heavy atom. The van der Waals surface area contributed by atoms with E-state index in [1.807, 2.05) is 0 Å². The molecule has 0 atom stereocenters. The maximum absolute atomic E-state index is 12.9. The predicted octanol–water partition coefficient (Wildman–Crippen LogP) is 4.01. The number of nitrogens with zero attached hydrogens (tertiary/aromatic N) is 2. The summed E-state index contributed by atoms with van der Waals surface area (Å²) >= 11 is 3.17. The van der Waals surface area contributed by atoms with Crippen molar-refractivity contribution in [3.63, 3.8) is 0 Å². The van der Waals surface area contributed by atoms with E-state index in [0.29, 0.717) is 10.0 Å². The average molecular weight is 407 g/mol. The smallest absolute Gasteiger partial charge is 0.342 e. The minimum atomic E-state index is -0.713. The van der Waals surface area contributed by atoms with Gasteiger partial charge in [0.25, 0.3) is 5.89 Å². The zero-order valence-corrected chi connectivity index (χ0v) is 14.6. The van der Waals surface area contributed by atoms with Gasteiger partial charge >= 0.3 is 5.97 Å². The van der Waals surface area contributed by atoms with Crippen LogP contribution in [0.4, 0.5) is 4.39 Å². The van der Waals surface area contributed by atoms with Gasteiger partial charge < -0.3 is 14.4 Å². The fourth-order valence-electron chi connectivity index (χ4n) is 2.12. The Morgan fingerprint density at radius 2 is 2.04 bits per heavy atom. The molecule has 3 rings (SSSR count). The Morgan fingerprint density at radius 1 is 1.32 bits per heavy atom. The fourth-order valence-corrected chi connectivity index (χ4v) is 2.70. The molecule has 0 saturated heterocycles. The van der Waals surface area contributed by atoms with Crippen molar-refractivity contribution in [2.75, 3.05) is 0 Å². The molecule has 0 spiro atoms. The molecule has 6 nitrogen and oxygen atoms in total. The first-order valence-electron chi connectivity index (χ1n) is 7.19. The molecule has 0 saturated carbocycles. The zero-order valence-electron chi connectivity index (χ0n) is 13.0. The molecular formula is C17H12BrFN2O4. The first kappa shape index (κ1) is 17.1. The van der Waals surface area contributed by atoms with Crippen molar-refractivity contribution in [3.05, 3.63) is 63.6 Å². The molecule has 0 unspecified atom stereocenters. The monoisotopic (exact) mass is 406 g/mol. The molecule has 0 bridgehead atoms. The van der Waals surface area contributed by atoms with Crippen LogP contribution in [0.2, 0.25) is 0 Å². The van der Waals surface area contributed by atoms with Crippen LogP contribution in [-0.4, -0.2) is 21.2 Å². The van der Waals surface area contributed by atoms with Gasteiger partial charge in [0.1, 0.15) is 17.1 Å². The molecule has 3 aromatic rings. The van der Waals surface area contributed by atoms with Crippen LogP contribution >= 0.6 is 15.9 Å². The quantitative estimate of drug-likeness (QED) is 0.658. The standard InChI is InChI=1S/C17H12BrFN2O4/c1-9-6-12(15(22)13(18)7-9)17(23)24-8-14-20-16(25-21-14)10-2-4-11(19)5-3-10/h2-7,22H,8H2,1H3. The number of phenols is 1. The van der Waals surface area contributed by atoms with E-state index in [9.17, 15) is 14.3 Å². The third-order valence-electron chi connectivity index (χ3n) is 3.32. The van der Waals surface area contributed by atoms with Gasteiger partial charge in [-0.1, -0.05) is 5.16 Å². The number of halogens is 2. The highest BCUT2D eigenvalue weighted by Gasteiger charge is 2.17. The first-order chi connectivity index (χ1) is 11.9. The number of phenolic OH excluding ortho intramolecular Hbond substituents is 1. The normalized spacial score (nSPS) is 10.7. The summed E-state index contributed by atoms with van der Waals surface area (Å²) < 4.78 is 23.5. The van der Waals surface area contributed by atoms with Gasteiger partial charge in [-0.25, -0.2) is 9.18 Å². The molecule has 0 aliphatic carbocycles. The third-order valence-corrected chi connectivity index (χ3v) is 3.92. The van der Waals surface area contributed by atoms with Crippen LogP contribution in [0, 0.1) is 12.7 Å². The number of ether oxygens (including phenoxy) is 1. The third kappa shape index (κ3) is 3.85. The van der Waals surface area contributed by atoms with Crippen LogP contribution < -0.4 is 0 Å². The molecule has 1 heterocycles. The minimum Gasteiger partial charge on any atom is -0.506 e. The number of aromatic hydroxyl groups is 1. The summed E-state index contributed by atoms with van der Waals surface area (Å²) in [5.74, 6) is -0.946. The molecular weight excluding hydrogens is 395 g/mol. The van der Waals surface area contributed by atoms with Crippen molar-refractivity contribution in [1.82, 2.24) is 10.1 Å². The summed E-state index contributed by atoms with van der Waals surface area (Å²) in [5, 5.41) is 13.6. The van der Waals surface area contributed by atoms with Gasteiger partial charge in [-0.2, -0.15) is 4.98 Å². The van der Waals surface area contributed by atoms with E-state index in [1.54, 1.807) is 13.0 Å². The number of carbonyl (C=O) groups excluding carboxylic acids is 1. The van der Waals surface area contributed by atoms with E-state index in [0.717, 1.165) is 5.56 Å². The second kappa shape index (κ2) is 7.02. The van der Waals surface area contributed by atoms with Gasteiger partial charge in [0.05, 0.1) is 4.47 Å². The van der Waals surface area contributed by atoms with E-state index >= 15 is 0 Å². The van der Waals surface area contributed by atoms with Crippen molar-refractivity contribution < 1.29 is 23.6 Å². The maximum atomic E-state index is 12.9. The summed E-state index contributed by atoms with van der Waals surface area (Å²) in [6, 6.07) is 8.75. The molecule has 1 N–H and O–H groups in total. The number of rotatable bonds is 4. The van der Waals surface area contributed by atoms with Crippen molar-refractivity contribution >= 4 is 21.9 Å². The lowest BCUT2D eigenvalue weighted by molar-refractivity contribution is 0.0456. The topological polar surface area (TPSA) is 85.5 Å². The average Bonchev–Trinajstić information content (AvgIpc) is 3.05. The first-order valence-corrected chi connectivity index (χ1v) is 7.98. The van der Waals surface area contributed by atoms with Gasteiger partial charge in [0.15, 0.2) is 6.61 Å². The second-order valence-corrected chi connectivity index (χ2v) is 6.10. The van der Waals surface area contributed by atoms with Crippen molar-refractivity contribution in [2.24, 2.45) is 0 Å². The molecule has 25 heavy (non-hydrogen) atoms. The summed E-state index contributed by atoms with van der Waals surface area (Å²) in [7, 11) is 0. The van der Waals surface area contributed by atoms with Gasteiger partial charge in [0, 0.05) is 5.56 Å². The minimum absolute atomic E-state index is 0.0362. The molecule has 0 aliphatic heterocycles. The van der Waals surface area contributed by atoms with Crippen molar-refractivity contribution in [2.45, 2.75) is 13.5 Å². The van der Waals surface area contributed by atoms with Crippen molar-refractivity contribution in [3.8, 4) is 17.2 Å². The molecule has 128 valence electrons. The molecule has 8 heteroatoms. The van der Waals surface area contributed by atoms with Gasteiger partial charge in [-0.05, 0) is 64.8 Å². The lowest BCUT2D eigenvalue weighted by atomic mass is 10.1. The molecule has 1 aromatic heterocycles. The van der Waals surface area contributed by atoms with E-state index in [4.69, 9.17) is 9.26 Å². The van der Waals surface area contributed by atoms with E-state index in [2.05, 4.69) is 26.1 Å². The predicted molar refractivity (Wildman–Crippen MR) is 89.4 cm³/mol. The van der Waals surface area contributed by atoms with Crippen LogP contribution in [0.5, 0.6) is 5.75 Å². The van der Waals surface area contributed by atoms with E-state index in [1.165, 1.54) is 30.3 Å². The van der Waals surface area contributed by atoms with E-state index in [-0.39, 0.29) is 35.5 Å². The maximum Gasteiger partial charge on any atom is 0.342 e. The number of benzene rings is 2. The summed E-state index contributed by atoms with van der Waals surface area (Å²) in [4.78, 5) is 16.2. The highest BCUT2D eigenvalue weighted by atomic mass is 79.9. The molecule has 2 aromatic carbocycles. The Hall–Kier alpha value is -2.74. The highest BCUT2D eigenvalue weighted by molar-refractivity contribution is 9.10. The lowest BCUT2D eigenvalue weighted by Gasteiger charge is -2.07. The number of carbonyl (C=O) groups is 1. The SMILES string of the molecule is Cc1cc(Br)c(O)c(C(=O)OCc2noc(-c3ccc(F)cc3)n2)c1. The summed E-state index contributed by atoms with van der Waals surface area (Å²) in [6.45, 7) is 1.56. The van der Waals surface area contributed by atoms with Crippen molar-refractivity contribution in [1.29, 1.82) is 0 Å². The van der Waals surface area contributed by atoms with Crippen LogP contribution in [-0.2, 0) is 11.3 Å². The van der Waals surface area contributed by atoms with Gasteiger partial charge in [-0.3, -0.25) is 0 Å². The Kier molecular flexibility index (Phi) is 4.80. The fraction of sp³-hybridized carbons (Fsp3) is 0.118. The largest absolute Gasteiger partial charge is 0.506 e. The molecule has 0 fully saturated rings. The number of hydrogen-bond acceptors (Lipinski definition) is 6. The van der Waals surface area contributed by atoms with Crippen LogP contribution in [0.15, 0.2) is 45.4 Å². The summed E-state index contributed by atoms with van der Waals surface area (Å²) in [6.07, 6.45) is 0. The lowest BCUT2D eigenvalue weighted by Crippen LogP contribution is -2.07.